The maximum atomic E-state index is 12.8. The number of hydrogen-bond acceptors (Lipinski definition) is 4. The SMILES string of the molecule is Cc1cc(C(=O)NCCc2ccc(F)cc2)cc(NN)n1. The van der Waals surface area contributed by atoms with E-state index in [4.69, 9.17) is 5.84 Å². The number of carbonyl (C=O) groups is 1. The predicted octanol–water partition coefficient (Wildman–Crippen LogP) is 1.79. The molecule has 1 aromatic carbocycles. The van der Waals surface area contributed by atoms with Crippen molar-refractivity contribution in [2.24, 2.45) is 5.84 Å². The van der Waals surface area contributed by atoms with Crippen LogP contribution in [0.25, 0.3) is 0 Å². The summed E-state index contributed by atoms with van der Waals surface area (Å²) in [5, 5.41) is 2.81. The molecule has 0 unspecified atom stereocenters. The molecule has 0 aliphatic rings. The Hall–Kier alpha value is -2.47. The standard InChI is InChI=1S/C15H17FN4O/c1-10-8-12(9-14(19-10)20-17)15(21)18-7-6-11-2-4-13(16)5-3-11/h2-5,8-9H,6-7,17H2,1H3,(H,18,21)(H,19,20). The molecular formula is C15H17FN4O. The molecule has 21 heavy (non-hydrogen) atoms. The van der Waals surface area contributed by atoms with Crippen molar-refractivity contribution in [3.05, 3.63) is 59.0 Å². The molecule has 1 amide bonds. The van der Waals surface area contributed by atoms with Gasteiger partial charge in [-0.15, -0.1) is 0 Å². The quantitative estimate of drug-likeness (QED) is 0.579. The molecule has 0 spiro atoms. The molecule has 4 N–H and O–H groups in total. The first-order valence-electron chi connectivity index (χ1n) is 6.56. The average Bonchev–Trinajstić information content (AvgIpc) is 2.48. The van der Waals surface area contributed by atoms with Crippen molar-refractivity contribution < 1.29 is 9.18 Å². The third-order valence-electron chi connectivity index (χ3n) is 2.98. The van der Waals surface area contributed by atoms with E-state index in [1.807, 2.05) is 0 Å². The van der Waals surface area contributed by atoms with E-state index in [0.29, 0.717) is 30.0 Å². The molecule has 0 radical (unpaired) electrons. The Labute approximate surface area is 122 Å². The van der Waals surface area contributed by atoms with Crippen LogP contribution in [0.15, 0.2) is 36.4 Å². The number of carbonyl (C=O) groups excluding carboxylic acids is 1. The molecule has 2 rings (SSSR count). The van der Waals surface area contributed by atoms with Gasteiger partial charge in [-0.2, -0.15) is 0 Å². The first kappa shape index (κ1) is 14.9. The lowest BCUT2D eigenvalue weighted by atomic mass is 10.1. The van der Waals surface area contributed by atoms with Crippen LogP contribution in [0, 0.1) is 12.7 Å². The number of benzene rings is 1. The van der Waals surface area contributed by atoms with E-state index in [0.717, 1.165) is 5.56 Å². The van der Waals surface area contributed by atoms with Crippen molar-refractivity contribution in [1.29, 1.82) is 0 Å². The van der Waals surface area contributed by atoms with E-state index in [1.54, 1.807) is 31.2 Å². The van der Waals surface area contributed by atoms with Gasteiger partial charge in [0.1, 0.15) is 11.6 Å². The van der Waals surface area contributed by atoms with E-state index in [2.05, 4.69) is 15.7 Å². The zero-order valence-electron chi connectivity index (χ0n) is 11.7. The number of halogens is 1. The lowest BCUT2D eigenvalue weighted by Crippen LogP contribution is -2.26. The number of rotatable bonds is 5. The monoisotopic (exact) mass is 288 g/mol. The fourth-order valence-corrected chi connectivity index (χ4v) is 1.95. The second-order valence-electron chi connectivity index (χ2n) is 4.66. The van der Waals surface area contributed by atoms with Crippen molar-refractivity contribution in [3.8, 4) is 0 Å². The molecule has 5 nitrogen and oxygen atoms in total. The van der Waals surface area contributed by atoms with Gasteiger partial charge in [0.15, 0.2) is 0 Å². The van der Waals surface area contributed by atoms with Gasteiger partial charge in [-0.3, -0.25) is 4.79 Å². The number of nitrogen functional groups attached to an aromatic ring is 1. The highest BCUT2D eigenvalue weighted by atomic mass is 19.1. The van der Waals surface area contributed by atoms with Gasteiger partial charge in [-0.05, 0) is 43.2 Å². The third-order valence-corrected chi connectivity index (χ3v) is 2.98. The Morgan fingerprint density at radius 2 is 2.00 bits per heavy atom. The van der Waals surface area contributed by atoms with Crippen molar-refractivity contribution in [2.45, 2.75) is 13.3 Å². The van der Waals surface area contributed by atoms with Crippen LogP contribution in [-0.4, -0.2) is 17.4 Å². The number of nitrogens with one attached hydrogen (secondary N) is 2. The third kappa shape index (κ3) is 4.25. The summed E-state index contributed by atoms with van der Waals surface area (Å²) in [4.78, 5) is 16.2. The Kier molecular flexibility index (Phi) is 4.84. The van der Waals surface area contributed by atoms with Gasteiger partial charge in [-0.25, -0.2) is 15.2 Å². The molecule has 0 aliphatic heterocycles. The molecule has 0 aliphatic carbocycles. The zero-order chi connectivity index (χ0) is 15.2. The van der Waals surface area contributed by atoms with Crippen LogP contribution in [0.3, 0.4) is 0 Å². The second-order valence-corrected chi connectivity index (χ2v) is 4.66. The molecule has 0 saturated heterocycles. The molecule has 1 heterocycles. The highest BCUT2D eigenvalue weighted by Crippen LogP contribution is 2.09. The summed E-state index contributed by atoms with van der Waals surface area (Å²) >= 11 is 0. The van der Waals surface area contributed by atoms with Gasteiger partial charge < -0.3 is 10.7 Å². The molecule has 2 aromatic rings. The Bertz CT molecular complexity index is 628. The number of pyridine rings is 1. The predicted molar refractivity (Wildman–Crippen MR) is 79.2 cm³/mol. The molecule has 6 heteroatoms. The maximum Gasteiger partial charge on any atom is 0.251 e. The topological polar surface area (TPSA) is 80.0 Å². The number of aromatic nitrogens is 1. The largest absolute Gasteiger partial charge is 0.352 e. The summed E-state index contributed by atoms with van der Waals surface area (Å²) in [6.45, 7) is 2.26. The summed E-state index contributed by atoms with van der Waals surface area (Å²) in [5.74, 6) is 5.28. The number of hydrazine groups is 1. The van der Waals surface area contributed by atoms with Crippen LogP contribution in [0.5, 0.6) is 0 Å². The number of nitrogens with two attached hydrogens (primary N) is 1. The van der Waals surface area contributed by atoms with Gasteiger partial charge in [0.05, 0.1) is 0 Å². The summed E-state index contributed by atoms with van der Waals surface area (Å²) in [7, 11) is 0. The number of amides is 1. The number of nitrogens with zero attached hydrogens (tertiary/aromatic N) is 1. The molecule has 0 fully saturated rings. The van der Waals surface area contributed by atoms with Crippen LogP contribution >= 0.6 is 0 Å². The smallest absolute Gasteiger partial charge is 0.251 e. The van der Waals surface area contributed by atoms with E-state index in [1.165, 1.54) is 12.1 Å². The van der Waals surface area contributed by atoms with E-state index in [9.17, 15) is 9.18 Å². The molecular weight excluding hydrogens is 271 g/mol. The van der Waals surface area contributed by atoms with Gasteiger partial charge >= 0.3 is 0 Å². The van der Waals surface area contributed by atoms with Crippen molar-refractivity contribution >= 4 is 11.7 Å². The number of anilines is 1. The van der Waals surface area contributed by atoms with Gasteiger partial charge in [0, 0.05) is 17.8 Å². The van der Waals surface area contributed by atoms with Crippen LogP contribution in [0.2, 0.25) is 0 Å². The molecule has 0 atom stereocenters. The zero-order valence-corrected chi connectivity index (χ0v) is 11.7. The van der Waals surface area contributed by atoms with Crippen LogP contribution in [-0.2, 0) is 6.42 Å². The van der Waals surface area contributed by atoms with Crippen LogP contribution in [0.4, 0.5) is 10.2 Å². The first-order valence-corrected chi connectivity index (χ1v) is 6.56. The summed E-state index contributed by atoms with van der Waals surface area (Å²) < 4.78 is 12.8. The number of aryl methyl sites for hydroxylation is 1. The minimum atomic E-state index is -0.267. The van der Waals surface area contributed by atoms with Crippen molar-refractivity contribution in [2.75, 3.05) is 12.0 Å². The molecule has 0 bridgehead atoms. The van der Waals surface area contributed by atoms with Gasteiger partial charge in [0.25, 0.3) is 5.91 Å². The lowest BCUT2D eigenvalue weighted by molar-refractivity contribution is 0.0954. The van der Waals surface area contributed by atoms with E-state index < -0.39 is 0 Å². The highest BCUT2D eigenvalue weighted by molar-refractivity contribution is 5.94. The fourth-order valence-electron chi connectivity index (χ4n) is 1.95. The second kappa shape index (κ2) is 6.81. The minimum absolute atomic E-state index is 0.195. The maximum absolute atomic E-state index is 12.8. The number of hydrogen-bond donors (Lipinski definition) is 3. The molecule has 110 valence electrons. The van der Waals surface area contributed by atoms with E-state index >= 15 is 0 Å². The van der Waals surface area contributed by atoms with Crippen LogP contribution < -0.4 is 16.6 Å². The Morgan fingerprint density at radius 1 is 1.29 bits per heavy atom. The highest BCUT2D eigenvalue weighted by Gasteiger charge is 2.08. The summed E-state index contributed by atoms with van der Waals surface area (Å²) in [6, 6.07) is 9.49. The molecule has 1 aromatic heterocycles. The lowest BCUT2D eigenvalue weighted by Gasteiger charge is -2.08. The Morgan fingerprint density at radius 3 is 2.67 bits per heavy atom. The van der Waals surface area contributed by atoms with E-state index in [-0.39, 0.29) is 11.7 Å². The fraction of sp³-hybridized carbons (Fsp3) is 0.200. The Balaban J connectivity index is 1.92. The summed E-state index contributed by atoms with van der Waals surface area (Å²) in [6.07, 6.45) is 0.637. The summed E-state index contributed by atoms with van der Waals surface area (Å²) in [5.41, 5.74) is 4.59. The van der Waals surface area contributed by atoms with Gasteiger partial charge in [0.2, 0.25) is 0 Å². The average molecular weight is 288 g/mol. The van der Waals surface area contributed by atoms with Crippen molar-refractivity contribution in [1.82, 2.24) is 10.3 Å². The van der Waals surface area contributed by atoms with Gasteiger partial charge in [-0.1, -0.05) is 12.1 Å². The normalized spacial score (nSPS) is 10.2. The van der Waals surface area contributed by atoms with Crippen molar-refractivity contribution in [3.63, 3.8) is 0 Å². The minimum Gasteiger partial charge on any atom is -0.352 e. The molecule has 0 saturated carbocycles. The first-order chi connectivity index (χ1) is 10.1. The van der Waals surface area contributed by atoms with Crippen LogP contribution in [0.1, 0.15) is 21.6 Å².